The normalized spacial score (nSPS) is 16.9. The summed E-state index contributed by atoms with van der Waals surface area (Å²) in [6.07, 6.45) is 1.74. The Morgan fingerprint density at radius 2 is 1.53 bits per heavy atom. The number of aromatic nitrogens is 1. The Balaban J connectivity index is 1.85. The Bertz CT molecular complexity index is 1300. The van der Waals surface area contributed by atoms with Crippen molar-refractivity contribution >= 4 is 28.3 Å². The lowest BCUT2D eigenvalue weighted by Crippen LogP contribution is -2.30. The molecule has 2 aliphatic heterocycles. The Kier molecular flexibility index (Phi) is 4.47. The number of hydrogen-bond acceptors (Lipinski definition) is 7. The number of nitrogens with one attached hydrogen (secondary N) is 3. The van der Waals surface area contributed by atoms with Crippen LogP contribution >= 0.6 is 0 Å². The Hall–Kier alpha value is -4.14. The van der Waals surface area contributed by atoms with Crippen LogP contribution < -0.4 is 29.6 Å². The highest BCUT2D eigenvalue weighted by Gasteiger charge is 2.39. The van der Waals surface area contributed by atoms with Crippen molar-refractivity contribution in [3.63, 3.8) is 0 Å². The molecule has 2 aliphatic rings. The topological polar surface area (TPSA) is 111 Å². The number of amides is 2. The van der Waals surface area contributed by atoms with Crippen LogP contribution in [-0.4, -0.2) is 45.2 Å². The van der Waals surface area contributed by atoms with Crippen molar-refractivity contribution in [3.8, 4) is 23.0 Å². The number of H-pyrrole nitrogens is 1. The highest BCUT2D eigenvalue weighted by molar-refractivity contribution is 6.37. The second-order valence-corrected chi connectivity index (χ2v) is 7.38. The molecule has 1 aromatic heterocycles. The summed E-state index contributed by atoms with van der Waals surface area (Å²) in [5.74, 6) is 1.07. The molecule has 0 saturated heterocycles. The van der Waals surface area contributed by atoms with E-state index >= 15 is 0 Å². The van der Waals surface area contributed by atoms with Crippen molar-refractivity contribution < 1.29 is 28.5 Å². The van der Waals surface area contributed by atoms with Gasteiger partial charge in [0.25, 0.3) is 11.8 Å². The van der Waals surface area contributed by atoms with Crippen LogP contribution in [0, 0.1) is 0 Å². The Morgan fingerprint density at radius 1 is 0.844 bits per heavy atom. The van der Waals surface area contributed by atoms with Crippen LogP contribution in [0.2, 0.25) is 0 Å². The molecule has 0 bridgehead atoms. The van der Waals surface area contributed by atoms with E-state index in [4.69, 9.17) is 18.9 Å². The fourth-order valence-electron chi connectivity index (χ4n) is 4.48. The summed E-state index contributed by atoms with van der Waals surface area (Å²) in [6, 6.07) is 6.80. The van der Waals surface area contributed by atoms with Crippen LogP contribution in [0.5, 0.6) is 23.0 Å². The van der Waals surface area contributed by atoms with E-state index < -0.39 is 17.9 Å². The largest absolute Gasteiger partial charge is 0.496 e. The smallest absolute Gasteiger partial charge is 0.275 e. The van der Waals surface area contributed by atoms with Crippen molar-refractivity contribution in [2.24, 2.45) is 0 Å². The van der Waals surface area contributed by atoms with Gasteiger partial charge in [-0.05, 0) is 29.8 Å². The number of methoxy groups -OCH3 is 4. The van der Waals surface area contributed by atoms with Crippen LogP contribution in [-0.2, 0) is 9.59 Å². The molecular weight excluding hydrogens is 414 g/mol. The van der Waals surface area contributed by atoms with Gasteiger partial charge in [-0.3, -0.25) is 14.9 Å². The third-order valence-corrected chi connectivity index (χ3v) is 5.87. The molecule has 0 saturated carbocycles. The van der Waals surface area contributed by atoms with E-state index in [0.29, 0.717) is 34.1 Å². The maximum Gasteiger partial charge on any atom is 0.275 e. The molecule has 0 aliphatic carbocycles. The molecule has 1 unspecified atom stereocenters. The standard InChI is InChI=1S/C23H21N3O6/c1-29-13-6-5-12-16-11(9-24-12)17-20(23(28)26-22(17)27)25-19(18(13)16)10-7-14(30-2)21(32-4)15(8-10)31-3/h5-9,19,24-25H,1-4H3,(H,26,27,28). The molecule has 2 aromatic carbocycles. The van der Waals surface area contributed by atoms with Gasteiger partial charge in [0.2, 0.25) is 5.75 Å². The molecule has 3 N–H and O–H groups in total. The summed E-state index contributed by atoms with van der Waals surface area (Å²) in [5.41, 5.74) is 3.47. The first-order valence-corrected chi connectivity index (χ1v) is 9.87. The molecule has 164 valence electrons. The van der Waals surface area contributed by atoms with Crippen molar-refractivity contribution in [2.45, 2.75) is 6.04 Å². The van der Waals surface area contributed by atoms with Gasteiger partial charge in [0.05, 0.1) is 40.1 Å². The van der Waals surface area contributed by atoms with E-state index in [2.05, 4.69) is 15.6 Å². The number of imide groups is 1. The number of aromatic amines is 1. The van der Waals surface area contributed by atoms with Crippen LogP contribution in [0.4, 0.5) is 0 Å². The van der Waals surface area contributed by atoms with E-state index in [0.717, 1.165) is 22.0 Å². The zero-order chi connectivity index (χ0) is 22.6. The van der Waals surface area contributed by atoms with Crippen molar-refractivity contribution in [1.82, 2.24) is 15.6 Å². The third kappa shape index (κ3) is 2.64. The molecule has 5 rings (SSSR count). The molecule has 9 nitrogen and oxygen atoms in total. The van der Waals surface area contributed by atoms with E-state index in [-0.39, 0.29) is 5.70 Å². The van der Waals surface area contributed by atoms with Crippen LogP contribution in [0.1, 0.15) is 22.7 Å². The molecule has 3 aromatic rings. The zero-order valence-corrected chi connectivity index (χ0v) is 17.9. The SMILES string of the molecule is COc1cc(C2NC3=C(C(=O)NC3=O)c3c[nH]c4ccc(OC)c2c34)cc(OC)c1OC. The second-order valence-electron chi connectivity index (χ2n) is 7.38. The van der Waals surface area contributed by atoms with E-state index in [1.54, 1.807) is 13.3 Å². The number of ether oxygens (including phenoxy) is 4. The lowest BCUT2D eigenvalue weighted by atomic mass is 9.92. The van der Waals surface area contributed by atoms with Gasteiger partial charge in [0, 0.05) is 28.2 Å². The lowest BCUT2D eigenvalue weighted by Gasteiger charge is -2.24. The summed E-state index contributed by atoms with van der Waals surface area (Å²) in [4.78, 5) is 28.6. The molecular formula is C23H21N3O6. The monoisotopic (exact) mass is 435 g/mol. The summed E-state index contributed by atoms with van der Waals surface area (Å²) < 4.78 is 22.2. The average molecular weight is 435 g/mol. The van der Waals surface area contributed by atoms with Gasteiger partial charge in [0.15, 0.2) is 11.5 Å². The first-order valence-electron chi connectivity index (χ1n) is 9.87. The minimum atomic E-state index is -0.555. The first kappa shape index (κ1) is 19.8. The maximum absolute atomic E-state index is 12.7. The van der Waals surface area contributed by atoms with Gasteiger partial charge in [0.1, 0.15) is 11.4 Å². The Morgan fingerprint density at radius 3 is 2.16 bits per heavy atom. The molecule has 2 amide bonds. The summed E-state index contributed by atoms with van der Waals surface area (Å²) in [6.45, 7) is 0. The van der Waals surface area contributed by atoms with Gasteiger partial charge < -0.3 is 29.2 Å². The minimum Gasteiger partial charge on any atom is -0.496 e. The van der Waals surface area contributed by atoms with Crippen LogP contribution in [0.25, 0.3) is 16.5 Å². The molecule has 0 fully saturated rings. The molecule has 32 heavy (non-hydrogen) atoms. The fraction of sp³-hybridized carbons (Fsp3) is 0.217. The predicted octanol–water partition coefficient (Wildman–Crippen LogP) is 2.26. The third-order valence-electron chi connectivity index (χ3n) is 5.87. The van der Waals surface area contributed by atoms with Gasteiger partial charge in [-0.2, -0.15) is 0 Å². The van der Waals surface area contributed by atoms with Gasteiger partial charge in [-0.25, -0.2) is 0 Å². The number of hydrogen-bond donors (Lipinski definition) is 3. The van der Waals surface area contributed by atoms with E-state index in [1.165, 1.54) is 21.3 Å². The highest BCUT2D eigenvalue weighted by Crippen LogP contribution is 2.47. The van der Waals surface area contributed by atoms with Crippen LogP contribution in [0.3, 0.4) is 0 Å². The summed E-state index contributed by atoms with van der Waals surface area (Å²) in [7, 11) is 6.19. The number of carbonyl (C=O) groups is 2. The van der Waals surface area contributed by atoms with Gasteiger partial charge in [-0.15, -0.1) is 0 Å². The van der Waals surface area contributed by atoms with E-state index in [1.807, 2.05) is 24.3 Å². The average Bonchev–Trinajstić information content (AvgIpc) is 3.29. The number of carbonyl (C=O) groups excluding carboxylic acids is 2. The number of fused-ring (bicyclic) bond motifs is 1. The number of rotatable bonds is 5. The number of benzene rings is 2. The predicted molar refractivity (Wildman–Crippen MR) is 116 cm³/mol. The second kappa shape index (κ2) is 7.23. The quantitative estimate of drug-likeness (QED) is 0.527. The maximum atomic E-state index is 12.7. The van der Waals surface area contributed by atoms with Crippen molar-refractivity contribution in [3.05, 3.63) is 52.8 Å². The minimum absolute atomic E-state index is 0.202. The molecule has 0 radical (unpaired) electrons. The van der Waals surface area contributed by atoms with Crippen molar-refractivity contribution in [2.75, 3.05) is 28.4 Å². The Labute approximate surface area is 183 Å². The highest BCUT2D eigenvalue weighted by atomic mass is 16.5. The zero-order valence-electron chi connectivity index (χ0n) is 17.9. The molecule has 1 atom stereocenters. The van der Waals surface area contributed by atoms with E-state index in [9.17, 15) is 9.59 Å². The summed E-state index contributed by atoms with van der Waals surface area (Å²) in [5, 5.41) is 6.46. The molecule has 3 heterocycles. The van der Waals surface area contributed by atoms with Crippen molar-refractivity contribution in [1.29, 1.82) is 0 Å². The first-order chi connectivity index (χ1) is 15.5. The summed E-state index contributed by atoms with van der Waals surface area (Å²) >= 11 is 0. The fourth-order valence-corrected chi connectivity index (χ4v) is 4.48. The molecule has 0 spiro atoms. The van der Waals surface area contributed by atoms with Gasteiger partial charge >= 0.3 is 0 Å². The molecule has 9 heteroatoms. The lowest BCUT2D eigenvalue weighted by molar-refractivity contribution is -0.123. The van der Waals surface area contributed by atoms with Crippen LogP contribution in [0.15, 0.2) is 36.2 Å². The van der Waals surface area contributed by atoms with Gasteiger partial charge in [-0.1, -0.05) is 0 Å².